The number of nitrogens with one attached hydrogen (secondary N) is 3. The van der Waals surface area contributed by atoms with Crippen molar-refractivity contribution in [3.05, 3.63) is 35.9 Å². The highest BCUT2D eigenvalue weighted by Crippen LogP contribution is 1.99. The summed E-state index contributed by atoms with van der Waals surface area (Å²) in [6.07, 6.45) is 0. The van der Waals surface area contributed by atoms with Crippen molar-refractivity contribution in [1.82, 2.24) is 16.0 Å². The third-order valence-corrected chi connectivity index (χ3v) is 2.65. The normalized spacial score (nSPS) is 10.5. The third-order valence-electron chi connectivity index (χ3n) is 2.65. The quantitative estimate of drug-likeness (QED) is 0.255. The second-order valence-electron chi connectivity index (χ2n) is 4.38. The van der Waals surface area contributed by atoms with Crippen LogP contribution in [0, 0.1) is 0 Å². The molecular formula is C15H25IN4O2. The van der Waals surface area contributed by atoms with Crippen molar-refractivity contribution in [2.45, 2.75) is 13.5 Å². The fourth-order valence-electron chi connectivity index (χ4n) is 1.61. The van der Waals surface area contributed by atoms with Crippen LogP contribution in [0.4, 0.5) is 0 Å². The molecule has 6 nitrogen and oxygen atoms in total. The van der Waals surface area contributed by atoms with Gasteiger partial charge in [-0.15, -0.1) is 24.0 Å². The van der Waals surface area contributed by atoms with E-state index in [1.165, 1.54) is 0 Å². The van der Waals surface area contributed by atoms with Crippen LogP contribution in [0.3, 0.4) is 0 Å². The van der Waals surface area contributed by atoms with Crippen molar-refractivity contribution in [3.63, 3.8) is 0 Å². The lowest BCUT2D eigenvalue weighted by Gasteiger charge is -2.11. The number of carbonyl (C=O) groups excluding carboxylic acids is 1. The molecule has 0 aromatic heterocycles. The highest BCUT2D eigenvalue weighted by molar-refractivity contribution is 14.0. The first-order chi connectivity index (χ1) is 10.3. The number of carbonyl (C=O) groups is 1. The number of halogens is 1. The summed E-state index contributed by atoms with van der Waals surface area (Å²) < 4.78 is 4.87. The topological polar surface area (TPSA) is 74.8 Å². The molecule has 0 atom stereocenters. The van der Waals surface area contributed by atoms with Crippen molar-refractivity contribution in [3.8, 4) is 0 Å². The van der Waals surface area contributed by atoms with E-state index in [1.54, 1.807) is 7.11 Å². The van der Waals surface area contributed by atoms with Gasteiger partial charge in [0, 0.05) is 20.2 Å². The van der Waals surface area contributed by atoms with Crippen LogP contribution >= 0.6 is 24.0 Å². The zero-order valence-electron chi connectivity index (χ0n) is 13.1. The number of ether oxygens (including phenoxy) is 1. The first-order valence-electron chi connectivity index (χ1n) is 7.08. The minimum Gasteiger partial charge on any atom is -0.383 e. The maximum absolute atomic E-state index is 11.6. The Morgan fingerprint density at radius 1 is 1.18 bits per heavy atom. The van der Waals surface area contributed by atoms with Gasteiger partial charge in [0.05, 0.1) is 19.7 Å². The minimum absolute atomic E-state index is 0. The van der Waals surface area contributed by atoms with Crippen LogP contribution in [-0.4, -0.2) is 45.2 Å². The Labute approximate surface area is 149 Å². The van der Waals surface area contributed by atoms with Crippen LogP contribution in [-0.2, 0) is 16.1 Å². The summed E-state index contributed by atoms with van der Waals surface area (Å²) in [6.45, 7) is 4.50. The van der Waals surface area contributed by atoms with Crippen molar-refractivity contribution in [2.75, 3.05) is 33.4 Å². The molecule has 1 rings (SSSR count). The molecule has 0 saturated heterocycles. The van der Waals surface area contributed by atoms with E-state index >= 15 is 0 Å². The third kappa shape index (κ3) is 9.56. The maximum atomic E-state index is 11.6. The van der Waals surface area contributed by atoms with E-state index in [2.05, 4.69) is 20.9 Å². The average Bonchev–Trinajstić information content (AvgIpc) is 2.51. The molecule has 1 aromatic rings. The summed E-state index contributed by atoms with van der Waals surface area (Å²) in [5, 5.41) is 8.86. The first kappa shape index (κ1) is 20.6. The van der Waals surface area contributed by atoms with Gasteiger partial charge in [0.25, 0.3) is 0 Å². The van der Waals surface area contributed by atoms with Gasteiger partial charge in [0.15, 0.2) is 5.96 Å². The average molecular weight is 420 g/mol. The molecule has 1 amide bonds. The van der Waals surface area contributed by atoms with E-state index in [-0.39, 0.29) is 36.4 Å². The molecule has 0 aliphatic carbocycles. The highest BCUT2D eigenvalue weighted by Gasteiger charge is 2.02. The predicted octanol–water partition coefficient (Wildman–Crippen LogP) is 1.12. The van der Waals surface area contributed by atoms with Gasteiger partial charge in [-0.05, 0) is 12.5 Å². The fourth-order valence-corrected chi connectivity index (χ4v) is 1.61. The number of hydrogen-bond donors (Lipinski definition) is 3. The number of amides is 1. The van der Waals surface area contributed by atoms with Gasteiger partial charge in [-0.25, -0.2) is 4.99 Å². The molecular weight excluding hydrogens is 395 g/mol. The van der Waals surface area contributed by atoms with E-state index in [1.807, 2.05) is 37.3 Å². The van der Waals surface area contributed by atoms with Crippen LogP contribution < -0.4 is 16.0 Å². The predicted molar refractivity (Wildman–Crippen MR) is 99.6 cm³/mol. The molecule has 7 heteroatoms. The van der Waals surface area contributed by atoms with Gasteiger partial charge < -0.3 is 20.7 Å². The van der Waals surface area contributed by atoms with Crippen LogP contribution in [0.15, 0.2) is 35.3 Å². The molecule has 0 saturated carbocycles. The van der Waals surface area contributed by atoms with E-state index < -0.39 is 0 Å². The molecule has 124 valence electrons. The SMILES string of the molecule is CCNC(=NCc1ccccc1)NCC(=O)NCCOC.I. The fraction of sp³-hybridized carbons (Fsp3) is 0.467. The lowest BCUT2D eigenvalue weighted by Crippen LogP contribution is -2.43. The van der Waals surface area contributed by atoms with E-state index in [0.717, 1.165) is 12.1 Å². The largest absolute Gasteiger partial charge is 0.383 e. The van der Waals surface area contributed by atoms with Crippen LogP contribution in [0.25, 0.3) is 0 Å². The van der Waals surface area contributed by atoms with Gasteiger partial charge in [-0.3, -0.25) is 4.79 Å². The summed E-state index contributed by atoms with van der Waals surface area (Å²) in [5.41, 5.74) is 1.12. The Kier molecular flexibility index (Phi) is 12.5. The summed E-state index contributed by atoms with van der Waals surface area (Å²) in [5.74, 6) is 0.542. The molecule has 0 spiro atoms. The summed E-state index contributed by atoms with van der Waals surface area (Å²) in [4.78, 5) is 16.0. The molecule has 0 fully saturated rings. The number of nitrogens with zero attached hydrogens (tertiary/aromatic N) is 1. The van der Waals surface area contributed by atoms with Crippen molar-refractivity contribution >= 4 is 35.8 Å². The Morgan fingerprint density at radius 2 is 1.91 bits per heavy atom. The second kappa shape index (κ2) is 13.3. The second-order valence-corrected chi connectivity index (χ2v) is 4.38. The van der Waals surface area contributed by atoms with Gasteiger partial charge in [0.2, 0.25) is 5.91 Å². The van der Waals surface area contributed by atoms with Crippen molar-refractivity contribution < 1.29 is 9.53 Å². The standard InChI is InChI=1S/C15H24N4O2.HI/c1-3-16-15(18-11-13-7-5-4-6-8-13)19-12-14(20)17-9-10-21-2;/h4-8H,3,9-12H2,1-2H3,(H,17,20)(H2,16,18,19);1H. The molecule has 0 aliphatic rings. The number of benzene rings is 1. The molecule has 0 bridgehead atoms. The van der Waals surface area contributed by atoms with Crippen LogP contribution in [0.5, 0.6) is 0 Å². The first-order valence-corrected chi connectivity index (χ1v) is 7.08. The van der Waals surface area contributed by atoms with E-state index in [9.17, 15) is 4.79 Å². The lowest BCUT2D eigenvalue weighted by molar-refractivity contribution is -0.120. The van der Waals surface area contributed by atoms with Gasteiger partial charge in [-0.1, -0.05) is 30.3 Å². The Hall–Kier alpha value is -1.35. The molecule has 0 aliphatic heterocycles. The molecule has 22 heavy (non-hydrogen) atoms. The van der Waals surface area contributed by atoms with Crippen molar-refractivity contribution in [2.24, 2.45) is 4.99 Å². The minimum atomic E-state index is -0.0858. The smallest absolute Gasteiger partial charge is 0.239 e. The van der Waals surface area contributed by atoms with Crippen LogP contribution in [0.1, 0.15) is 12.5 Å². The number of hydrogen-bond acceptors (Lipinski definition) is 3. The number of aliphatic imine (C=N–C) groups is 1. The Bertz CT molecular complexity index is 440. The van der Waals surface area contributed by atoms with Crippen molar-refractivity contribution in [1.29, 1.82) is 0 Å². The van der Waals surface area contributed by atoms with E-state index in [4.69, 9.17) is 4.74 Å². The van der Waals surface area contributed by atoms with Gasteiger partial charge in [0.1, 0.15) is 0 Å². The van der Waals surface area contributed by atoms with Gasteiger partial charge >= 0.3 is 0 Å². The molecule has 0 radical (unpaired) electrons. The summed E-state index contributed by atoms with van der Waals surface area (Å²) >= 11 is 0. The highest BCUT2D eigenvalue weighted by atomic mass is 127. The summed E-state index contributed by atoms with van der Waals surface area (Å²) in [7, 11) is 1.60. The number of rotatable bonds is 8. The number of guanidine groups is 1. The summed E-state index contributed by atoms with van der Waals surface area (Å²) in [6, 6.07) is 9.97. The molecule has 0 unspecified atom stereocenters. The zero-order valence-corrected chi connectivity index (χ0v) is 15.4. The monoisotopic (exact) mass is 420 g/mol. The Morgan fingerprint density at radius 3 is 2.55 bits per heavy atom. The lowest BCUT2D eigenvalue weighted by atomic mass is 10.2. The maximum Gasteiger partial charge on any atom is 0.239 e. The number of methoxy groups -OCH3 is 1. The van der Waals surface area contributed by atoms with Crippen LogP contribution in [0.2, 0.25) is 0 Å². The van der Waals surface area contributed by atoms with Gasteiger partial charge in [-0.2, -0.15) is 0 Å². The molecule has 0 heterocycles. The molecule has 1 aromatic carbocycles. The Balaban J connectivity index is 0.00000441. The molecule has 3 N–H and O–H groups in total. The zero-order chi connectivity index (χ0) is 15.3. The van der Waals surface area contributed by atoms with E-state index in [0.29, 0.717) is 25.7 Å².